The summed E-state index contributed by atoms with van der Waals surface area (Å²) in [5, 5.41) is 193. The van der Waals surface area contributed by atoms with Crippen LogP contribution in [0.3, 0.4) is 0 Å². The summed E-state index contributed by atoms with van der Waals surface area (Å²) < 4.78 is 4.55. The summed E-state index contributed by atoms with van der Waals surface area (Å²) in [7, 11) is 1.90. The molecule has 28 N–H and O–H groups in total. The molecule has 0 aliphatic rings. The van der Waals surface area contributed by atoms with Crippen molar-refractivity contribution in [2.45, 2.75) is 174 Å². The van der Waals surface area contributed by atoms with Crippen molar-refractivity contribution in [3.63, 3.8) is 0 Å². The van der Waals surface area contributed by atoms with Crippen molar-refractivity contribution in [2.24, 2.45) is 5.73 Å². The minimum absolute atomic E-state index is 0.0818. The van der Waals surface area contributed by atoms with Gasteiger partial charge in [-0.2, -0.15) is 0 Å². The van der Waals surface area contributed by atoms with Gasteiger partial charge in [0.05, 0.1) is 44.2 Å². The zero-order valence-electron chi connectivity index (χ0n) is 48.7. The first kappa shape index (κ1) is 84.7. The predicted molar refractivity (Wildman–Crippen MR) is 306 cm³/mol. The highest BCUT2D eigenvalue weighted by Crippen LogP contribution is 2.22. The van der Waals surface area contributed by atoms with Crippen molar-refractivity contribution in [3.05, 3.63) is 0 Å². The molecule has 40 nitrogen and oxygen atoms in total. The Kier molecular flexibility index (Phi) is 42.7. The molecule has 0 unspecified atom stereocenters. The lowest BCUT2D eigenvalue weighted by atomic mass is 10.0. The number of hydrogen-bond donors (Lipinski definition) is 27. The first-order valence-corrected chi connectivity index (χ1v) is 30.2. The van der Waals surface area contributed by atoms with Crippen molar-refractivity contribution < 1.29 is 154 Å². The highest BCUT2D eigenvalue weighted by molar-refractivity contribution is 8.76. The van der Waals surface area contributed by atoms with Crippen molar-refractivity contribution in [1.82, 2.24) is 42.5 Å². The van der Waals surface area contributed by atoms with E-state index in [-0.39, 0.29) is 24.6 Å². The topological polar surface area (TPSA) is 700 Å². The molecule has 0 rings (SSSR count). The van der Waals surface area contributed by atoms with Gasteiger partial charge >= 0.3 is 17.9 Å². The van der Waals surface area contributed by atoms with E-state index in [4.69, 9.17) is 21.1 Å². The van der Waals surface area contributed by atoms with Crippen molar-refractivity contribution in [3.8, 4) is 0 Å². The normalized spacial score (nSPS) is 17.4. The van der Waals surface area contributed by atoms with E-state index in [1.165, 1.54) is 0 Å². The molecular weight excluding hydrogens is 1270 g/mol. The summed E-state index contributed by atoms with van der Waals surface area (Å²) in [6, 6.07) is -11.6. The number of nitrogens with one attached hydrogen (secondary N) is 8. The minimum atomic E-state index is -2.17. The standard InChI is InChI=1S/C49H85N9O31S2/c50-21(1-6-33(69)51-13-27(63)38(76)41(79)30(66)16-59)44(82)54-24(4-9-36(72)73)46(84)55-22(2-7-34(70)52-14-28(64)39(77)42(80)31(67)17-60)45(83)57-25(5-10-37(74)75)47(85)56-23(48(86)58-26(49(87)88)19-91-90-12-11-89-20-62)3-8-35(71)53-15-29(65)40(78)43(81)32(68)18-61/h20-32,38-43,59-61,63-68,76-81H,1-19,50H2,(H,51,69)(H,52,70)(H,53,71)(H,54,82)(H,55,84)(H,56,85)(H,57,83)(H,58,86)(H,72,73)(H,74,75)(H,87,88)/t21-,22-,23-,24+,25+,26+,27-,28-,29-,30+,31+,32+,38+,39+,40+,41+,42+,43+/m0/s1. The maximum atomic E-state index is 14.3. The number of amides is 8. The molecule has 0 saturated carbocycles. The molecule has 0 saturated heterocycles. The Balaban J connectivity index is 7.16. The van der Waals surface area contributed by atoms with E-state index >= 15 is 0 Å². The number of rotatable bonds is 51. The zero-order chi connectivity index (χ0) is 69.7. The number of hydrogen-bond acceptors (Lipinski definition) is 31. The van der Waals surface area contributed by atoms with E-state index < -0.39 is 278 Å². The third-order valence-corrected chi connectivity index (χ3v) is 15.3. The molecule has 0 spiro atoms. The van der Waals surface area contributed by atoms with Gasteiger partial charge in [-0.25, -0.2) is 4.79 Å². The summed E-state index contributed by atoms with van der Waals surface area (Å²) in [6.07, 6.45) is -32.2. The second-order valence-electron chi connectivity index (χ2n) is 20.1. The Labute approximate surface area is 525 Å². The molecule has 0 aliphatic carbocycles. The largest absolute Gasteiger partial charge is 0.481 e. The average Bonchev–Trinajstić information content (AvgIpc) is 2.38. The van der Waals surface area contributed by atoms with E-state index in [0.29, 0.717) is 0 Å². The smallest absolute Gasteiger partial charge is 0.327 e. The lowest BCUT2D eigenvalue weighted by Gasteiger charge is -2.27. The zero-order valence-corrected chi connectivity index (χ0v) is 50.3. The quantitative estimate of drug-likeness (QED) is 0.0153. The lowest BCUT2D eigenvalue weighted by Crippen LogP contribution is -2.59. The van der Waals surface area contributed by atoms with Crippen LogP contribution in [0.2, 0.25) is 0 Å². The number of carboxylic acid groups (broad SMARTS) is 3. The van der Waals surface area contributed by atoms with Crippen LogP contribution < -0.4 is 48.3 Å². The van der Waals surface area contributed by atoms with Gasteiger partial charge < -0.3 is 145 Å². The fraction of sp³-hybridized carbons (Fsp3) is 0.755. The summed E-state index contributed by atoms with van der Waals surface area (Å²) in [5.41, 5.74) is 5.95. The van der Waals surface area contributed by atoms with Crippen LogP contribution in [0.5, 0.6) is 0 Å². The summed E-state index contributed by atoms with van der Waals surface area (Å²) in [4.78, 5) is 155. The fourth-order valence-corrected chi connectivity index (χ4v) is 9.39. The number of ether oxygens (including phenoxy) is 1. The molecular formula is C49H85N9O31S2. The van der Waals surface area contributed by atoms with E-state index in [0.717, 1.165) is 21.6 Å². The van der Waals surface area contributed by atoms with Crippen LogP contribution in [0.25, 0.3) is 0 Å². The molecule has 0 heterocycles. The van der Waals surface area contributed by atoms with E-state index in [2.05, 4.69) is 47.3 Å². The number of aliphatic hydroxyl groups excluding tert-OH is 15. The number of aliphatic carboxylic acids is 3. The molecule has 42 heteroatoms. The minimum Gasteiger partial charge on any atom is -0.481 e. The van der Waals surface area contributed by atoms with E-state index in [9.17, 15) is 134 Å². The first-order valence-electron chi connectivity index (χ1n) is 27.7. The molecule has 91 heavy (non-hydrogen) atoms. The van der Waals surface area contributed by atoms with Crippen LogP contribution in [0.15, 0.2) is 0 Å². The van der Waals surface area contributed by atoms with Crippen LogP contribution >= 0.6 is 21.6 Å². The fourth-order valence-electron chi connectivity index (χ4n) is 7.40. The lowest BCUT2D eigenvalue weighted by molar-refractivity contribution is -0.142. The van der Waals surface area contributed by atoms with Crippen LogP contribution in [0.4, 0.5) is 0 Å². The molecule has 0 aromatic carbocycles. The Morgan fingerprint density at radius 1 is 0.396 bits per heavy atom. The average molecular weight is 1360 g/mol. The van der Waals surface area contributed by atoms with Gasteiger partial charge in [0.15, 0.2) is 0 Å². The number of carbonyl (C=O) groups excluding carboxylic acids is 9. The van der Waals surface area contributed by atoms with Gasteiger partial charge in [0.2, 0.25) is 47.3 Å². The van der Waals surface area contributed by atoms with Crippen molar-refractivity contribution in [1.29, 1.82) is 0 Å². The first-order chi connectivity index (χ1) is 42.7. The van der Waals surface area contributed by atoms with Crippen molar-refractivity contribution >= 4 is 93.2 Å². The maximum absolute atomic E-state index is 14.3. The highest BCUT2D eigenvalue weighted by Gasteiger charge is 2.37. The third kappa shape index (κ3) is 34.3. The van der Waals surface area contributed by atoms with Gasteiger partial charge in [0, 0.05) is 63.2 Å². The van der Waals surface area contributed by atoms with Crippen molar-refractivity contribution in [2.75, 3.05) is 57.6 Å². The van der Waals surface area contributed by atoms with Crippen LogP contribution in [-0.2, 0) is 62.3 Å². The van der Waals surface area contributed by atoms with Gasteiger partial charge in [-0.1, -0.05) is 21.6 Å². The van der Waals surface area contributed by atoms with E-state index in [1.54, 1.807) is 0 Å². The Morgan fingerprint density at radius 2 is 0.681 bits per heavy atom. The monoisotopic (exact) mass is 1360 g/mol. The summed E-state index contributed by atoms with van der Waals surface area (Å²) in [6.45, 7) is -5.46. The van der Waals surface area contributed by atoms with Gasteiger partial charge in [-0.05, 0) is 32.1 Å². The molecule has 18 atom stereocenters. The molecule has 0 aliphatic heterocycles. The Morgan fingerprint density at radius 3 is 0.978 bits per heavy atom. The van der Waals surface area contributed by atoms with Gasteiger partial charge in [-0.3, -0.25) is 52.7 Å². The van der Waals surface area contributed by atoms with E-state index in [1.807, 2.05) is 0 Å². The summed E-state index contributed by atoms with van der Waals surface area (Å²) >= 11 is 0. The van der Waals surface area contributed by atoms with Crippen LogP contribution in [0, 0.1) is 0 Å². The molecule has 0 radical (unpaired) electrons. The second-order valence-corrected chi connectivity index (χ2v) is 22.7. The number of carboxylic acids is 3. The van der Waals surface area contributed by atoms with Gasteiger partial charge in [0.1, 0.15) is 91.8 Å². The predicted octanol–water partition coefficient (Wildman–Crippen LogP) is -13.9. The highest BCUT2D eigenvalue weighted by atomic mass is 33.1. The molecule has 0 aromatic heterocycles. The van der Waals surface area contributed by atoms with Crippen LogP contribution in [-0.4, -0.2) is 331 Å². The third-order valence-electron chi connectivity index (χ3n) is 13.0. The molecule has 8 amide bonds. The summed E-state index contributed by atoms with van der Waals surface area (Å²) in [5.74, 6) is -14.9. The number of nitrogens with two attached hydrogens (primary N) is 1. The molecule has 0 fully saturated rings. The molecule has 0 bridgehead atoms. The van der Waals surface area contributed by atoms with Gasteiger partial charge in [0.25, 0.3) is 6.47 Å². The molecule has 0 aromatic rings. The second kappa shape index (κ2) is 45.9. The maximum Gasteiger partial charge on any atom is 0.327 e. The Hall–Kier alpha value is -6.30. The van der Waals surface area contributed by atoms with Crippen LogP contribution in [0.1, 0.15) is 64.2 Å². The Bertz CT molecular complexity index is 2310. The number of aliphatic hydroxyl groups is 15. The SMILES string of the molecule is N[C@@H](CCC(=O)NC[C@H](O)[C@@H](O)[C@H](O)[C@H](O)CO)C(=O)N[C@H](CCC(=O)O)C(=O)N[C@@H](CCC(=O)NC[C@H](O)[C@@H](O)[C@H](O)[C@H](O)CO)C(=O)N[C@H](CCC(=O)O)C(=O)N[C@@H](CCC(=O)NC[C@H](O)[C@@H](O)[C@H](O)[C@H](O)CO)C(=O)N[C@H](CSSCCOC=O)C(=O)O. The number of carbonyl (C=O) groups is 12. The van der Waals surface area contributed by atoms with Gasteiger partial charge in [-0.15, -0.1) is 0 Å². The molecule has 524 valence electrons.